The van der Waals surface area contributed by atoms with Gasteiger partial charge >= 0.3 is 35.9 Å². The average Bonchev–Trinajstić information content (AvgIpc) is 3.39. The van der Waals surface area contributed by atoms with Crippen molar-refractivity contribution >= 4 is 35.9 Å². The van der Waals surface area contributed by atoms with Crippen LogP contribution in [0.2, 0.25) is 0 Å². The Morgan fingerprint density at radius 2 is 1.44 bits per heavy atom. The maximum absolute atomic E-state index is 13.4. The Bertz CT molecular complexity index is 1090. The lowest BCUT2D eigenvalue weighted by atomic mass is 9.85. The zero-order valence-corrected chi connectivity index (χ0v) is 21.9. The molecule has 0 aromatic rings. The van der Waals surface area contributed by atoms with Crippen molar-refractivity contribution in [2.45, 2.75) is 89.6 Å². The first-order valence-corrected chi connectivity index (χ1v) is 12.2. The normalized spacial score (nSPS) is 34.7. The molecule has 3 saturated heterocycles. The minimum atomic E-state index is -1.44. The predicted octanol–water partition coefficient (Wildman–Crippen LogP) is -0.471. The highest BCUT2D eigenvalue weighted by molar-refractivity contribution is 5.74. The first kappa shape index (κ1) is 28.3. The molecule has 2 bridgehead atoms. The van der Waals surface area contributed by atoms with Crippen molar-refractivity contribution in [3.8, 4) is 0 Å². The Kier molecular flexibility index (Phi) is 8.11. The molecule has 4 aliphatic rings. The number of hydrogen-bond acceptors (Lipinski definition) is 14. The van der Waals surface area contributed by atoms with Crippen molar-refractivity contribution in [3.63, 3.8) is 0 Å². The molecule has 0 aromatic carbocycles. The van der Waals surface area contributed by atoms with Crippen LogP contribution in [0.4, 0.5) is 4.79 Å². The molecule has 15 nitrogen and oxygen atoms in total. The molecule has 3 fully saturated rings. The van der Waals surface area contributed by atoms with Crippen LogP contribution in [0.25, 0.3) is 0 Å². The van der Waals surface area contributed by atoms with Gasteiger partial charge in [-0.05, 0) is 0 Å². The van der Waals surface area contributed by atoms with Crippen LogP contribution in [0.15, 0.2) is 11.6 Å². The van der Waals surface area contributed by atoms with Gasteiger partial charge in [-0.1, -0.05) is 6.08 Å². The molecule has 0 N–H and O–H groups in total. The van der Waals surface area contributed by atoms with E-state index in [4.69, 9.17) is 37.9 Å². The van der Waals surface area contributed by atoms with Crippen molar-refractivity contribution in [3.05, 3.63) is 11.6 Å². The fourth-order valence-electron chi connectivity index (χ4n) is 5.27. The average molecular weight is 555 g/mol. The number of carbonyl (C=O) groups excluding carboxylic acids is 6. The SMILES string of the molecule is CC(=O)OCC1=C[C@@H](N2C(=O)O[C@@H]3[C@@H](OC(C)=O)[C@@H]4OC[C@@H](O4)[C@H]32)[C@H](OC(C)=O)[C@@H](OC(C)=O)[C@@H]1OC(C)=O. The van der Waals surface area contributed by atoms with Gasteiger partial charge in [-0.15, -0.1) is 0 Å². The third-order valence-electron chi connectivity index (χ3n) is 6.48. The van der Waals surface area contributed by atoms with E-state index < -0.39 is 97.5 Å². The molecule has 0 spiro atoms. The van der Waals surface area contributed by atoms with Crippen LogP contribution in [0.5, 0.6) is 0 Å². The van der Waals surface area contributed by atoms with Crippen LogP contribution in [0.3, 0.4) is 0 Å². The number of fused-ring (bicyclic) bond motifs is 4. The van der Waals surface area contributed by atoms with E-state index in [-0.39, 0.29) is 12.2 Å². The molecular weight excluding hydrogens is 526 g/mol. The number of esters is 5. The number of rotatable bonds is 7. The Balaban J connectivity index is 1.81. The quantitative estimate of drug-likeness (QED) is 0.223. The molecule has 1 aliphatic carbocycles. The van der Waals surface area contributed by atoms with Crippen LogP contribution in [0.1, 0.15) is 34.6 Å². The van der Waals surface area contributed by atoms with Gasteiger partial charge in [0.1, 0.15) is 18.8 Å². The largest absolute Gasteiger partial charge is 0.461 e. The summed E-state index contributed by atoms with van der Waals surface area (Å²) in [5, 5.41) is 0. The van der Waals surface area contributed by atoms with Crippen LogP contribution in [-0.4, -0.2) is 109 Å². The van der Waals surface area contributed by atoms with Gasteiger partial charge in [0.15, 0.2) is 36.8 Å². The molecule has 0 unspecified atom stereocenters. The summed E-state index contributed by atoms with van der Waals surface area (Å²) in [6.07, 6.45) is -7.35. The molecule has 3 aliphatic heterocycles. The number of ether oxygens (including phenoxy) is 8. The van der Waals surface area contributed by atoms with E-state index in [2.05, 4.69) is 0 Å². The minimum Gasteiger partial charge on any atom is -0.461 e. The van der Waals surface area contributed by atoms with E-state index in [1.165, 1.54) is 24.8 Å². The van der Waals surface area contributed by atoms with Crippen LogP contribution in [0, 0.1) is 0 Å². The zero-order chi connectivity index (χ0) is 28.6. The fraction of sp³-hybridized carbons (Fsp3) is 0.667. The Labute approximate surface area is 222 Å². The Morgan fingerprint density at radius 1 is 0.846 bits per heavy atom. The van der Waals surface area contributed by atoms with Gasteiger partial charge in [-0.3, -0.25) is 28.9 Å². The summed E-state index contributed by atoms with van der Waals surface area (Å²) in [5.74, 6) is -3.65. The first-order chi connectivity index (χ1) is 18.4. The highest BCUT2D eigenvalue weighted by Gasteiger charge is 2.64. The lowest BCUT2D eigenvalue weighted by Gasteiger charge is -2.45. The Morgan fingerprint density at radius 3 is 2.03 bits per heavy atom. The van der Waals surface area contributed by atoms with Crippen LogP contribution >= 0.6 is 0 Å². The molecule has 0 aromatic heterocycles. The summed E-state index contributed by atoms with van der Waals surface area (Å²) in [7, 11) is 0. The van der Waals surface area contributed by atoms with E-state index >= 15 is 0 Å². The van der Waals surface area contributed by atoms with Gasteiger partial charge in [-0.2, -0.15) is 0 Å². The number of carbonyl (C=O) groups is 6. The summed E-state index contributed by atoms with van der Waals surface area (Å²) < 4.78 is 44.0. The van der Waals surface area contributed by atoms with Crippen molar-refractivity contribution < 1.29 is 66.7 Å². The van der Waals surface area contributed by atoms with Crippen molar-refractivity contribution in [1.82, 2.24) is 4.90 Å². The van der Waals surface area contributed by atoms with Gasteiger partial charge in [0.2, 0.25) is 0 Å². The molecule has 0 radical (unpaired) electrons. The third-order valence-corrected chi connectivity index (χ3v) is 6.48. The van der Waals surface area contributed by atoms with Gasteiger partial charge in [0.25, 0.3) is 0 Å². The molecular formula is C24H29NO14. The number of hydrogen-bond donors (Lipinski definition) is 0. The van der Waals surface area contributed by atoms with E-state index in [0.29, 0.717) is 0 Å². The minimum absolute atomic E-state index is 0.0369. The topological polar surface area (TPSA) is 180 Å². The second-order valence-corrected chi connectivity index (χ2v) is 9.39. The van der Waals surface area contributed by atoms with Crippen molar-refractivity contribution in [1.29, 1.82) is 0 Å². The second kappa shape index (κ2) is 11.2. The lowest BCUT2D eigenvalue weighted by Crippen LogP contribution is -2.64. The summed E-state index contributed by atoms with van der Waals surface area (Å²) in [4.78, 5) is 74.2. The predicted molar refractivity (Wildman–Crippen MR) is 121 cm³/mol. The van der Waals surface area contributed by atoms with Crippen LogP contribution in [-0.2, 0) is 61.9 Å². The summed E-state index contributed by atoms with van der Waals surface area (Å²) in [6.45, 7) is 5.33. The third kappa shape index (κ3) is 5.83. The summed E-state index contributed by atoms with van der Waals surface area (Å²) in [6, 6.07) is -2.07. The monoisotopic (exact) mass is 555 g/mol. The maximum atomic E-state index is 13.4. The van der Waals surface area contributed by atoms with E-state index in [1.54, 1.807) is 0 Å². The number of nitrogens with zero attached hydrogens (tertiary/aromatic N) is 1. The van der Waals surface area contributed by atoms with E-state index in [0.717, 1.165) is 20.8 Å². The summed E-state index contributed by atoms with van der Waals surface area (Å²) >= 11 is 0. The number of amides is 1. The molecule has 1 amide bonds. The zero-order valence-electron chi connectivity index (χ0n) is 21.9. The van der Waals surface area contributed by atoms with E-state index in [9.17, 15) is 28.8 Å². The van der Waals surface area contributed by atoms with Gasteiger partial charge in [-0.25, -0.2) is 4.79 Å². The lowest BCUT2D eigenvalue weighted by molar-refractivity contribution is -0.215. The molecule has 3 heterocycles. The summed E-state index contributed by atoms with van der Waals surface area (Å²) in [5.41, 5.74) is 0.158. The standard InChI is InChI=1S/C24H29NO14/c1-9(26)32-7-14-6-15(19(35-11(3)28)21(36-12(4)29)18(14)34-10(2)27)25-17-16-8-33-23(38-16)22(37-13(5)30)20(17)39-24(25)31/h6,15-23H,7-8H2,1-5H3/t15-,16-,17-,18-,19+,20+,21+,22-,23-/m1/s1. The van der Waals surface area contributed by atoms with Gasteiger partial charge < -0.3 is 37.9 Å². The van der Waals surface area contributed by atoms with E-state index in [1.807, 2.05) is 0 Å². The molecule has 0 saturated carbocycles. The molecule has 39 heavy (non-hydrogen) atoms. The molecule has 15 heteroatoms. The van der Waals surface area contributed by atoms with Crippen molar-refractivity contribution in [2.75, 3.05) is 13.2 Å². The highest BCUT2D eigenvalue weighted by Crippen LogP contribution is 2.42. The maximum Gasteiger partial charge on any atom is 0.411 e. The van der Waals surface area contributed by atoms with Crippen LogP contribution < -0.4 is 0 Å². The molecule has 214 valence electrons. The van der Waals surface area contributed by atoms with Crippen molar-refractivity contribution in [2.24, 2.45) is 0 Å². The molecule has 4 rings (SSSR count). The second-order valence-electron chi connectivity index (χ2n) is 9.39. The fourth-order valence-corrected chi connectivity index (χ4v) is 5.27. The Hall–Kier alpha value is -3.72. The smallest absolute Gasteiger partial charge is 0.411 e. The highest BCUT2D eigenvalue weighted by atomic mass is 16.8. The van der Waals surface area contributed by atoms with Gasteiger partial charge in [0.05, 0.1) is 12.6 Å². The molecule has 9 atom stereocenters. The first-order valence-electron chi connectivity index (χ1n) is 12.2. The van der Waals surface area contributed by atoms with Gasteiger partial charge in [0, 0.05) is 40.2 Å².